The number of hydrogen-bond donors (Lipinski definition) is 2. The zero-order chi connectivity index (χ0) is 18.6. The lowest BCUT2D eigenvalue weighted by Crippen LogP contribution is -2.31. The zero-order valence-electron chi connectivity index (χ0n) is 14.0. The molecule has 4 nitrogen and oxygen atoms in total. The Labute approximate surface area is 149 Å². The van der Waals surface area contributed by atoms with Gasteiger partial charge in [0.15, 0.2) is 0 Å². The predicted molar refractivity (Wildman–Crippen MR) is 90.8 cm³/mol. The number of carbonyl (C=O) groups is 1. The number of ether oxygens (including phenoxy) is 1. The average Bonchev–Trinajstić information content (AvgIpc) is 3.15. The van der Waals surface area contributed by atoms with Crippen LogP contribution in [0, 0.1) is 5.92 Å². The molecular formula is C19H19F3N2O2. The number of benzene rings is 2. The van der Waals surface area contributed by atoms with Gasteiger partial charge in [-0.2, -0.15) is 13.2 Å². The Hall–Kier alpha value is -2.54. The fourth-order valence-electron chi connectivity index (χ4n) is 2.74. The molecule has 1 fully saturated rings. The number of hydrogen-bond acceptors (Lipinski definition) is 3. The molecule has 1 unspecified atom stereocenters. The number of amides is 1. The zero-order valence-corrected chi connectivity index (χ0v) is 14.0. The van der Waals surface area contributed by atoms with Gasteiger partial charge in [-0.15, -0.1) is 0 Å². The van der Waals surface area contributed by atoms with Gasteiger partial charge in [-0.1, -0.05) is 12.1 Å². The first kappa shape index (κ1) is 18.3. The lowest BCUT2D eigenvalue weighted by Gasteiger charge is -2.11. The van der Waals surface area contributed by atoms with E-state index in [4.69, 9.17) is 4.74 Å². The van der Waals surface area contributed by atoms with Crippen molar-refractivity contribution in [3.63, 3.8) is 0 Å². The Morgan fingerprint density at radius 2 is 1.69 bits per heavy atom. The van der Waals surface area contributed by atoms with Crippen molar-refractivity contribution in [2.75, 3.05) is 13.1 Å². The Morgan fingerprint density at radius 1 is 1.08 bits per heavy atom. The minimum Gasteiger partial charge on any atom is -0.457 e. The first-order chi connectivity index (χ1) is 12.4. The van der Waals surface area contributed by atoms with Crippen LogP contribution in [0.25, 0.3) is 0 Å². The summed E-state index contributed by atoms with van der Waals surface area (Å²) in [5.74, 6) is 0.907. The van der Waals surface area contributed by atoms with Crippen LogP contribution in [0.15, 0.2) is 48.5 Å². The highest BCUT2D eigenvalue weighted by Crippen LogP contribution is 2.31. The first-order valence-corrected chi connectivity index (χ1v) is 8.34. The second kappa shape index (κ2) is 7.78. The molecule has 0 saturated carbocycles. The maximum absolute atomic E-state index is 12.5. The van der Waals surface area contributed by atoms with Crippen molar-refractivity contribution in [1.82, 2.24) is 10.6 Å². The van der Waals surface area contributed by atoms with Crippen LogP contribution in [0.3, 0.4) is 0 Å². The molecule has 0 bridgehead atoms. The average molecular weight is 364 g/mol. The molecule has 2 aromatic rings. The number of halogens is 3. The topological polar surface area (TPSA) is 50.4 Å². The van der Waals surface area contributed by atoms with Gasteiger partial charge in [-0.3, -0.25) is 4.79 Å². The van der Waals surface area contributed by atoms with Crippen molar-refractivity contribution in [1.29, 1.82) is 0 Å². The Morgan fingerprint density at radius 3 is 2.23 bits per heavy atom. The molecule has 1 atom stereocenters. The van der Waals surface area contributed by atoms with Gasteiger partial charge in [0.05, 0.1) is 11.5 Å². The maximum Gasteiger partial charge on any atom is 0.416 e. The Bertz CT molecular complexity index is 737. The highest BCUT2D eigenvalue weighted by atomic mass is 19.4. The summed E-state index contributed by atoms with van der Waals surface area (Å²) in [6, 6.07) is 11.6. The smallest absolute Gasteiger partial charge is 0.416 e. The van der Waals surface area contributed by atoms with Crippen molar-refractivity contribution in [2.24, 2.45) is 5.92 Å². The fourth-order valence-corrected chi connectivity index (χ4v) is 2.74. The molecule has 1 aliphatic heterocycles. The summed E-state index contributed by atoms with van der Waals surface area (Å²) in [5, 5.41) is 6.06. The molecule has 0 spiro atoms. The fraction of sp³-hybridized carbons (Fsp3) is 0.316. The highest BCUT2D eigenvalue weighted by molar-refractivity contribution is 5.79. The third-order valence-corrected chi connectivity index (χ3v) is 4.24. The van der Waals surface area contributed by atoms with Gasteiger partial charge in [0.25, 0.3) is 0 Å². The van der Waals surface area contributed by atoms with Crippen LogP contribution in [0.1, 0.15) is 17.5 Å². The van der Waals surface area contributed by atoms with E-state index in [2.05, 4.69) is 10.6 Å². The largest absolute Gasteiger partial charge is 0.457 e. The van der Waals surface area contributed by atoms with E-state index in [9.17, 15) is 18.0 Å². The quantitative estimate of drug-likeness (QED) is 0.850. The molecule has 2 N–H and O–H groups in total. The molecule has 26 heavy (non-hydrogen) atoms. The minimum atomic E-state index is -4.36. The summed E-state index contributed by atoms with van der Waals surface area (Å²) in [7, 11) is 0. The molecule has 1 heterocycles. The Kier molecular flexibility index (Phi) is 5.46. The summed E-state index contributed by atoms with van der Waals surface area (Å²) in [5.41, 5.74) is 0.206. The van der Waals surface area contributed by atoms with Gasteiger partial charge in [0.1, 0.15) is 11.5 Å². The Balaban J connectivity index is 1.53. The molecule has 0 aliphatic carbocycles. The predicted octanol–water partition coefficient (Wildman–Crippen LogP) is 3.72. The monoisotopic (exact) mass is 364 g/mol. The van der Waals surface area contributed by atoms with Gasteiger partial charge in [0.2, 0.25) is 5.91 Å². The van der Waals surface area contributed by atoms with Crippen LogP contribution in [0.2, 0.25) is 0 Å². The molecule has 2 aromatic carbocycles. The lowest BCUT2D eigenvalue weighted by molar-refractivity contribution is -0.137. The van der Waals surface area contributed by atoms with Crippen LogP contribution >= 0.6 is 0 Å². The number of rotatable bonds is 5. The third-order valence-electron chi connectivity index (χ3n) is 4.24. The summed E-state index contributed by atoms with van der Waals surface area (Å²) in [6.45, 7) is 2.01. The van der Waals surface area contributed by atoms with Gasteiger partial charge >= 0.3 is 6.18 Å². The second-order valence-corrected chi connectivity index (χ2v) is 6.18. The van der Waals surface area contributed by atoms with E-state index >= 15 is 0 Å². The number of alkyl halides is 3. The summed E-state index contributed by atoms with van der Waals surface area (Å²) < 4.78 is 43.2. The molecular weight excluding hydrogens is 345 g/mol. The van der Waals surface area contributed by atoms with Crippen LogP contribution in [-0.2, 0) is 17.5 Å². The SMILES string of the molecule is O=C(NCc1ccc(Oc2ccc(C(F)(F)F)cc2)cc1)C1CCNC1. The third kappa shape index (κ3) is 4.76. The molecule has 138 valence electrons. The molecule has 1 amide bonds. The van der Waals surface area contributed by atoms with E-state index in [1.54, 1.807) is 12.1 Å². The van der Waals surface area contributed by atoms with Crippen molar-refractivity contribution < 1.29 is 22.7 Å². The van der Waals surface area contributed by atoms with Gasteiger partial charge in [-0.05, 0) is 54.9 Å². The van der Waals surface area contributed by atoms with Crippen molar-refractivity contribution >= 4 is 5.91 Å². The highest BCUT2D eigenvalue weighted by Gasteiger charge is 2.30. The van der Waals surface area contributed by atoms with Crippen molar-refractivity contribution in [3.8, 4) is 11.5 Å². The normalized spacial score (nSPS) is 17.1. The van der Waals surface area contributed by atoms with E-state index < -0.39 is 11.7 Å². The standard InChI is InChI=1S/C19H19F3N2O2/c20-19(21,22)15-3-7-17(8-4-15)26-16-5-1-13(2-6-16)11-24-18(25)14-9-10-23-12-14/h1-8,14,23H,9-12H2,(H,24,25). The molecule has 0 radical (unpaired) electrons. The molecule has 7 heteroatoms. The van der Waals surface area contributed by atoms with Gasteiger partial charge in [0, 0.05) is 13.1 Å². The van der Waals surface area contributed by atoms with Crippen molar-refractivity contribution in [3.05, 3.63) is 59.7 Å². The first-order valence-electron chi connectivity index (χ1n) is 8.34. The number of nitrogens with one attached hydrogen (secondary N) is 2. The van der Waals surface area contributed by atoms with Crippen LogP contribution in [-0.4, -0.2) is 19.0 Å². The van der Waals surface area contributed by atoms with Crippen LogP contribution in [0.5, 0.6) is 11.5 Å². The van der Waals surface area contributed by atoms with Gasteiger partial charge < -0.3 is 15.4 Å². The van der Waals surface area contributed by atoms with Crippen LogP contribution in [0.4, 0.5) is 13.2 Å². The van der Waals surface area contributed by atoms with E-state index in [-0.39, 0.29) is 11.8 Å². The number of carbonyl (C=O) groups excluding carboxylic acids is 1. The summed E-state index contributed by atoms with van der Waals surface area (Å²) >= 11 is 0. The summed E-state index contributed by atoms with van der Waals surface area (Å²) in [6.07, 6.45) is -3.51. The lowest BCUT2D eigenvalue weighted by atomic mass is 10.1. The summed E-state index contributed by atoms with van der Waals surface area (Å²) in [4.78, 5) is 12.0. The molecule has 3 rings (SSSR count). The maximum atomic E-state index is 12.5. The molecule has 0 aromatic heterocycles. The van der Waals surface area contributed by atoms with Crippen LogP contribution < -0.4 is 15.4 Å². The second-order valence-electron chi connectivity index (χ2n) is 6.18. The minimum absolute atomic E-state index is 0.0253. The van der Waals surface area contributed by atoms with Gasteiger partial charge in [-0.25, -0.2) is 0 Å². The van der Waals surface area contributed by atoms with Crippen molar-refractivity contribution in [2.45, 2.75) is 19.1 Å². The van der Waals surface area contributed by atoms with E-state index in [0.717, 1.165) is 30.7 Å². The van der Waals surface area contributed by atoms with E-state index in [1.807, 2.05) is 12.1 Å². The molecule has 1 aliphatic rings. The molecule has 1 saturated heterocycles. The van der Waals surface area contributed by atoms with E-state index in [1.165, 1.54) is 12.1 Å². The van der Waals surface area contributed by atoms with E-state index in [0.29, 0.717) is 24.6 Å².